The Morgan fingerprint density at radius 2 is 2.28 bits per heavy atom. The molecule has 1 saturated carbocycles. The lowest BCUT2D eigenvalue weighted by Crippen LogP contribution is -2.26. The molecular weight excluding hydrogens is 226 g/mol. The van der Waals surface area contributed by atoms with Crippen molar-refractivity contribution in [2.45, 2.75) is 32.2 Å². The van der Waals surface area contributed by atoms with E-state index in [1.807, 2.05) is 12.3 Å². The van der Waals surface area contributed by atoms with Gasteiger partial charge in [0.1, 0.15) is 12.4 Å². The maximum atomic E-state index is 5.73. The summed E-state index contributed by atoms with van der Waals surface area (Å²) in [6.45, 7) is 4.83. The lowest BCUT2D eigenvalue weighted by molar-refractivity contribution is 0.231. The van der Waals surface area contributed by atoms with E-state index in [1.165, 1.54) is 12.8 Å². The molecule has 100 valence electrons. The minimum atomic E-state index is 0.728. The minimum Gasteiger partial charge on any atom is -0.491 e. The van der Waals surface area contributed by atoms with Crippen LogP contribution in [0.1, 0.15) is 26.2 Å². The van der Waals surface area contributed by atoms with Crippen LogP contribution in [0.4, 0.5) is 5.69 Å². The summed E-state index contributed by atoms with van der Waals surface area (Å²) >= 11 is 0. The van der Waals surface area contributed by atoms with Gasteiger partial charge in [-0.1, -0.05) is 6.92 Å². The molecule has 4 nitrogen and oxygen atoms in total. The fraction of sp³-hybridized carbons (Fsp3) is 0.643. The zero-order valence-corrected chi connectivity index (χ0v) is 11.4. The van der Waals surface area contributed by atoms with Gasteiger partial charge in [-0.2, -0.15) is 0 Å². The van der Waals surface area contributed by atoms with E-state index >= 15 is 0 Å². The maximum Gasteiger partial charge on any atom is 0.139 e. The van der Waals surface area contributed by atoms with Gasteiger partial charge >= 0.3 is 0 Å². The van der Waals surface area contributed by atoms with E-state index in [0.717, 1.165) is 43.6 Å². The predicted octanol–water partition coefficient (Wildman–Crippen LogP) is 2.38. The highest BCUT2D eigenvalue weighted by atomic mass is 16.5. The molecule has 0 amide bonds. The number of aromatic nitrogens is 1. The van der Waals surface area contributed by atoms with Crippen LogP contribution < -0.4 is 10.1 Å². The van der Waals surface area contributed by atoms with E-state index in [0.29, 0.717) is 0 Å². The molecule has 18 heavy (non-hydrogen) atoms. The molecule has 1 aliphatic carbocycles. The van der Waals surface area contributed by atoms with Crippen LogP contribution in [0.15, 0.2) is 18.5 Å². The van der Waals surface area contributed by atoms with Gasteiger partial charge in [0.05, 0.1) is 18.1 Å². The van der Waals surface area contributed by atoms with Crippen molar-refractivity contribution in [1.82, 2.24) is 9.88 Å². The predicted molar refractivity (Wildman–Crippen MR) is 74.2 cm³/mol. The number of likely N-dealkylation sites (N-methyl/N-ethyl adjacent to an activating group) is 1. The fourth-order valence-electron chi connectivity index (χ4n) is 1.87. The Bertz CT molecular complexity index is 366. The summed E-state index contributed by atoms with van der Waals surface area (Å²) in [5.74, 6) is 0.848. The monoisotopic (exact) mass is 249 g/mol. The maximum absolute atomic E-state index is 5.73. The van der Waals surface area contributed by atoms with Crippen molar-refractivity contribution in [1.29, 1.82) is 0 Å². The van der Waals surface area contributed by atoms with Crippen LogP contribution in [0.25, 0.3) is 0 Å². The third kappa shape index (κ3) is 4.18. The smallest absolute Gasteiger partial charge is 0.139 e. The van der Waals surface area contributed by atoms with Gasteiger partial charge in [0.25, 0.3) is 0 Å². The van der Waals surface area contributed by atoms with Crippen molar-refractivity contribution in [3.05, 3.63) is 18.5 Å². The average molecular weight is 249 g/mol. The second-order valence-corrected chi connectivity index (χ2v) is 4.90. The summed E-state index contributed by atoms with van der Waals surface area (Å²) in [5, 5.41) is 3.31. The molecule has 0 aromatic carbocycles. The number of pyridine rings is 1. The fourth-order valence-corrected chi connectivity index (χ4v) is 1.87. The minimum absolute atomic E-state index is 0.728. The Morgan fingerprint density at radius 1 is 1.44 bits per heavy atom. The summed E-state index contributed by atoms with van der Waals surface area (Å²) in [6, 6.07) is 2.81. The van der Waals surface area contributed by atoms with Gasteiger partial charge in [-0.15, -0.1) is 0 Å². The third-order valence-electron chi connectivity index (χ3n) is 3.18. The Balaban J connectivity index is 1.73. The number of hydrogen-bond donors (Lipinski definition) is 1. The van der Waals surface area contributed by atoms with E-state index < -0.39 is 0 Å². The molecule has 0 bridgehead atoms. The van der Waals surface area contributed by atoms with Crippen molar-refractivity contribution in [3.63, 3.8) is 0 Å². The van der Waals surface area contributed by atoms with Gasteiger partial charge in [0.15, 0.2) is 0 Å². The Morgan fingerprint density at radius 3 is 3.00 bits per heavy atom. The number of nitrogens with zero attached hydrogens (tertiary/aromatic N) is 2. The van der Waals surface area contributed by atoms with E-state index in [9.17, 15) is 0 Å². The van der Waals surface area contributed by atoms with Crippen molar-refractivity contribution in [3.8, 4) is 5.75 Å². The average Bonchev–Trinajstić information content (AvgIpc) is 3.21. The highest BCUT2D eigenvalue weighted by molar-refractivity contribution is 5.44. The quantitative estimate of drug-likeness (QED) is 0.767. The molecule has 0 spiro atoms. The molecular formula is C14H23N3O. The van der Waals surface area contributed by atoms with E-state index in [-0.39, 0.29) is 0 Å². The highest BCUT2D eigenvalue weighted by Crippen LogP contribution is 2.24. The number of ether oxygens (including phenoxy) is 1. The summed E-state index contributed by atoms with van der Waals surface area (Å²) in [7, 11) is 2.17. The molecule has 1 fully saturated rings. The van der Waals surface area contributed by atoms with Crippen molar-refractivity contribution in [2.75, 3.05) is 32.1 Å². The highest BCUT2D eigenvalue weighted by Gasteiger charge is 2.25. The van der Waals surface area contributed by atoms with Crippen LogP contribution >= 0.6 is 0 Å². The van der Waals surface area contributed by atoms with Gasteiger partial charge < -0.3 is 15.0 Å². The first kappa shape index (κ1) is 13.1. The van der Waals surface area contributed by atoms with Gasteiger partial charge in [0.2, 0.25) is 0 Å². The SMILES string of the molecule is CCCNc1cncc(OCCN(C)C2CC2)c1. The van der Waals surface area contributed by atoms with Crippen LogP contribution in [0.3, 0.4) is 0 Å². The summed E-state index contributed by atoms with van der Waals surface area (Å²) in [6.07, 6.45) is 7.40. The molecule has 1 aromatic rings. The largest absolute Gasteiger partial charge is 0.491 e. The van der Waals surface area contributed by atoms with Crippen LogP contribution in [0.2, 0.25) is 0 Å². The van der Waals surface area contributed by atoms with Crippen molar-refractivity contribution in [2.24, 2.45) is 0 Å². The van der Waals surface area contributed by atoms with Gasteiger partial charge in [-0.3, -0.25) is 4.98 Å². The molecule has 0 aliphatic heterocycles. The Labute approximate surface area is 109 Å². The lowest BCUT2D eigenvalue weighted by atomic mass is 10.3. The molecule has 0 radical (unpaired) electrons. The zero-order valence-electron chi connectivity index (χ0n) is 11.4. The normalized spacial score (nSPS) is 14.8. The molecule has 1 aromatic heterocycles. The third-order valence-corrected chi connectivity index (χ3v) is 3.18. The lowest BCUT2D eigenvalue weighted by Gasteiger charge is -2.16. The Hall–Kier alpha value is -1.29. The first-order chi connectivity index (χ1) is 8.79. The molecule has 1 aliphatic rings. The second-order valence-electron chi connectivity index (χ2n) is 4.90. The van der Waals surface area contributed by atoms with Gasteiger partial charge in [-0.25, -0.2) is 0 Å². The topological polar surface area (TPSA) is 37.4 Å². The molecule has 1 N–H and O–H groups in total. The summed E-state index contributed by atoms with van der Waals surface area (Å²) in [5.41, 5.74) is 1.03. The number of anilines is 1. The van der Waals surface area contributed by atoms with Crippen LogP contribution in [0, 0.1) is 0 Å². The van der Waals surface area contributed by atoms with Gasteiger partial charge in [0, 0.05) is 25.2 Å². The number of hydrogen-bond acceptors (Lipinski definition) is 4. The van der Waals surface area contributed by atoms with Crippen LogP contribution in [0.5, 0.6) is 5.75 Å². The first-order valence-corrected chi connectivity index (χ1v) is 6.81. The summed E-state index contributed by atoms with van der Waals surface area (Å²) in [4.78, 5) is 6.55. The molecule has 0 saturated heterocycles. The van der Waals surface area contributed by atoms with Crippen molar-refractivity contribution < 1.29 is 4.74 Å². The van der Waals surface area contributed by atoms with Gasteiger partial charge in [-0.05, 0) is 26.3 Å². The molecule has 1 heterocycles. The molecule has 2 rings (SSSR count). The molecule has 0 unspecified atom stereocenters. The van der Waals surface area contributed by atoms with E-state index in [4.69, 9.17) is 4.74 Å². The molecule has 4 heteroatoms. The van der Waals surface area contributed by atoms with Crippen molar-refractivity contribution >= 4 is 5.69 Å². The first-order valence-electron chi connectivity index (χ1n) is 6.81. The van der Waals surface area contributed by atoms with E-state index in [2.05, 4.69) is 29.2 Å². The standard InChI is InChI=1S/C14H23N3O/c1-3-6-16-12-9-14(11-15-10-12)18-8-7-17(2)13-4-5-13/h9-11,13,16H,3-8H2,1-2H3. The van der Waals surface area contributed by atoms with Crippen LogP contribution in [-0.4, -0.2) is 42.7 Å². The van der Waals surface area contributed by atoms with E-state index in [1.54, 1.807) is 6.20 Å². The zero-order chi connectivity index (χ0) is 12.8. The number of nitrogens with one attached hydrogen (secondary N) is 1. The summed E-state index contributed by atoms with van der Waals surface area (Å²) < 4.78 is 5.73. The number of rotatable bonds is 8. The Kier molecular flexibility index (Phi) is 4.81. The second kappa shape index (κ2) is 6.59. The molecule has 0 atom stereocenters. The van der Waals surface area contributed by atoms with Crippen LogP contribution in [-0.2, 0) is 0 Å².